The van der Waals surface area contributed by atoms with Gasteiger partial charge in [-0.3, -0.25) is 28.1 Å². The molecule has 0 aromatic heterocycles. The van der Waals surface area contributed by atoms with Gasteiger partial charge in [0.15, 0.2) is 0 Å². The number of amides is 3. The summed E-state index contributed by atoms with van der Waals surface area (Å²) in [5.74, 6) is -1.42. The number of benzene rings is 6. The highest BCUT2D eigenvalue weighted by molar-refractivity contribution is 7.93. The number of anilines is 6. The Hall–Kier alpha value is -8.95. The van der Waals surface area contributed by atoms with Crippen LogP contribution in [0.3, 0.4) is 0 Å². The summed E-state index contributed by atoms with van der Waals surface area (Å²) in [6.07, 6.45) is -5.53. The van der Waals surface area contributed by atoms with Gasteiger partial charge in [0.2, 0.25) is 47.8 Å². The van der Waals surface area contributed by atoms with Crippen LogP contribution in [-0.2, 0) is 103 Å². The molecule has 2 fully saturated rings. The fourth-order valence-electron chi connectivity index (χ4n) is 13.5. The molecule has 8 heterocycles. The first kappa shape index (κ1) is 72.8. The molecule has 8 aliphatic heterocycles. The monoisotopic (exact) mass is 1480 g/mol. The van der Waals surface area contributed by atoms with Gasteiger partial charge in [0.05, 0.1) is 90.7 Å². The summed E-state index contributed by atoms with van der Waals surface area (Å²) < 4.78 is 225. The van der Waals surface area contributed by atoms with E-state index in [1.807, 2.05) is 0 Å². The number of sulfonamides is 3. The van der Waals surface area contributed by atoms with Crippen LogP contribution in [0, 0.1) is 0 Å². The fourth-order valence-corrected chi connectivity index (χ4v) is 16.9. The second-order valence-electron chi connectivity index (χ2n) is 25.6. The van der Waals surface area contributed by atoms with Crippen LogP contribution in [0.15, 0.2) is 127 Å². The maximum atomic E-state index is 13.4. The third-order valence-electron chi connectivity index (χ3n) is 18.7. The number of hydrogen-bond acceptors (Lipinski definition) is 14. The minimum Gasteiger partial charge on any atom is -0.486 e. The molecule has 5 N–H and O–H groups in total. The average Bonchev–Trinajstić information content (AvgIpc) is 0.821. The molecule has 0 radical (unpaired) electrons. The normalized spacial score (nSPS) is 20.7. The summed E-state index contributed by atoms with van der Waals surface area (Å²) in [6, 6.07) is 24.9. The van der Waals surface area contributed by atoms with Crippen molar-refractivity contribution in [1.82, 2.24) is 0 Å². The lowest BCUT2D eigenvalue weighted by atomic mass is 9.81. The number of carbonyl (C=O) groups is 3. The van der Waals surface area contributed by atoms with Crippen molar-refractivity contribution in [3.8, 4) is 11.5 Å². The van der Waals surface area contributed by atoms with Crippen molar-refractivity contribution in [3.63, 3.8) is 0 Å². The van der Waals surface area contributed by atoms with E-state index in [2.05, 4.69) is 25.4 Å². The maximum absolute atomic E-state index is 13.4. The zero-order valence-corrected chi connectivity index (χ0v) is 56.8. The predicted molar refractivity (Wildman–Crippen MR) is 362 cm³/mol. The number of nitrogens with zero attached hydrogens (tertiary/aromatic N) is 1. The molecule has 0 atom stereocenters. The Morgan fingerprint density at radius 3 is 1.32 bits per heavy atom. The highest BCUT2D eigenvalue weighted by Gasteiger charge is 2.44. The van der Waals surface area contributed by atoms with E-state index >= 15 is 0 Å². The van der Waals surface area contributed by atoms with E-state index in [9.17, 15) is 79.2 Å². The molecule has 0 saturated carbocycles. The zero-order valence-electron chi connectivity index (χ0n) is 54.3. The lowest BCUT2D eigenvalue weighted by Crippen LogP contribution is -2.44. The van der Waals surface area contributed by atoms with Gasteiger partial charge in [-0.1, -0.05) is 36.4 Å². The second-order valence-corrected chi connectivity index (χ2v) is 31.4. The molecule has 14 rings (SSSR count). The van der Waals surface area contributed by atoms with E-state index < -0.39 is 94.2 Å². The lowest BCUT2D eigenvalue weighted by molar-refractivity contribution is -0.138. The van der Waals surface area contributed by atoms with Crippen LogP contribution >= 0.6 is 0 Å². The van der Waals surface area contributed by atoms with Crippen molar-refractivity contribution in [3.05, 3.63) is 183 Å². The van der Waals surface area contributed by atoms with Crippen molar-refractivity contribution in [1.29, 1.82) is 0 Å². The number of fused-ring (bicyclic) bond motifs is 6. The first-order valence-corrected chi connectivity index (χ1v) is 37.2. The minimum absolute atomic E-state index is 0.0323. The molecule has 3 amide bonds. The molecule has 32 heteroatoms. The van der Waals surface area contributed by atoms with Crippen molar-refractivity contribution < 1.29 is 103 Å². The van der Waals surface area contributed by atoms with Gasteiger partial charge >= 0.3 is 18.5 Å². The Bertz CT molecular complexity index is 4780. The molecule has 2 saturated heterocycles. The summed E-state index contributed by atoms with van der Waals surface area (Å²) in [7, 11) is -8.72. The summed E-state index contributed by atoms with van der Waals surface area (Å²) in [4.78, 5) is 38.8. The Labute approximate surface area is 580 Å². The lowest BCUT2D eigenvalue weighted by Gasteiger charge is -2.42. The molecule has 8 aliphatic rings. The number of carbonyl (C=O) groups excluding carboxylic acids is 3. The van der Waals surface area contributed by atoms with Crippen LogP contribution in [0.25, 0.3) is 16.7 Å². The number of nitrogens with one attached hydrogen (secondary N) is 5. The third kappa shape index (κ3) is 16.6. The van der Waals surface area contributed by atoms with Gasteiger partial charge in [-0.15, -0.1) is 0 Å². The predicted octanol–water partition coefficient (Wildman–Crippen LogP) is 12.7. The van der Waals surface area contributed by atoms with Crippen LogP contribution in [0.1, 0.15) is 101 Å². The first-order valence-electron chi connectivity index (χ1n) is 32.3. The van der Waals surface area contributed by atoms with Crippen molar-refractivity contribution in [2.24, 2.45) is 0 Å². The van der Waals surface area contributed by atoms with E-state index in [1.54, 1.807) is 54.6 Å². The van der Waals surface area contributed by atoms with Crippen LogP contribution in [-0.4, -0.2) is 112 Å². The molecule has 6 aromatic rings. The summed E-state index contributed by atoms with van der Waals surface area (Å²) in [5, 5.41) is 8.41. The van der Waals surface area contributed by atoms with Crippen molar-refractivity contribution in [2.45, 2.75) is 101 Å². The van der Waals surface area contributed by atoms with E-state index in [0.29, 0.717) is 161 Å². The van der Waals surface area contributed by atoms with Gasteiger partial charge in [0, 0.05) is 109 Å². The Morgan fingerprint density at radius 2 is 0.873 bits per heavy atom. The van der Waals surface area contributed by atoms with Crippen LogP contribution in [0.4, 0.5) is 73.6 Å². The smallest absolute Gasteiger partial charge is 0.416 e. The highest BCUT2D eigenvalue weighted by atomic mass is 32.2. The minimum atomic E-state index is -4.52. The van der Waals surface area contributed by atoms with Gasteiger partial charge < -0.3 is 39.6 Å². The van der Waals surface area contributed by atoms with Crippen LogP contribution in [0.2, 0.25) is 0 Å². The molecular formula is C70H67F9N6O14S3. The Morgan fingerprint density at radius 1 is 0.471 bits per heavy atom. The summed E-state index contributed by atoms with van der Waals surface area (Å²) in [5.41, 5.74) is 4.51. The van der Waals surface area contributed by atoms with Crippen molar-refractivity contribution >= 4 is 98.6 Å². The topological polar surface area (TPSA) is 263 Å². The highest BCUT2D eigenvalue weighted by Crippen LogP contribution is 2.49. The number of rotatable bonds is 6. The standard InChI is InChI=1S/C25H25F3N2O5S.C24H23F3N2O5S.C21H19F3N2O4S/c1-30-21-4-2-3-20(19(21)7-12-36(30,32)33)29-23(31)13-16-15-24(8-10-34-11-9-24)35-22-14-17(25(26,27)28)5-6-18(16)22;25-24(26,27)16-4-5-17-15(14-23(34-21(17)13-16)7-9-33-10-8-23)12-22(30)28-19-2-1-3-20-18(19)6-11-35(31,32)29-20;22-21(23,24)15-4-5-16-13(6-8-30-12-14(16)10-15)11-20(27)25-18-2-1-3-19-17(18)7-9-31(28,29)26-19/h2-6,13-14H,7-12,15H2,1H3,(H,29,31);1-5,12-13,29H,6-11,14H2,(H,28,30);1-5,10-11,26H,6-9,12H2,(H,25,27)/b16-13+;15-12+;13-11+. The molecule has 2 spiro atoms. The van der Waals surface area contributed by atoms with E-state index in [4.69, 9.17) is 23.7 Å². The van der Waals surface area contributed by atoms with Gasteiger partial charge in [0.1, 0.15) is 22.7 Å². The summed E-state index contributed by atoms with van der Waals surface area (Å²) >= 11 is 0. The Kier molecular flexibility index (Phi) is 20.2. The molecule has 0 aliphatic carbocycles. The molecule has 6 aromatic carbocycles. The number of hydrogen-bond donors (Lipinski definition) is 5. The molecule has 20 nitrogen and oxygen atoms in total. The second kappa shape index (κ2) is 28.4. The summed E-state index contributed by atoms with van der Waals surface area (Å²) in [6.45, 7) is 1.97. The van der Waals surface area contributed by atoms with E-state index in [-0.39, 0.29) is 61.2 Å². The molecule has 542 valence electrons. The third-order valence-corrected chi connectivity index (χ3v) is 23.0. The number of halogens is 9. The fraction of sp³-hybridized carbons (Fsp3) is 0.357. The Balaban J connectivity index is 0.000000145. The van der Waals surface area contributed by atoms with E-state index in [1.165, 1.54) is 47.8 Å². The van der Waals surface area contributed by atoms with Gasteiger partial charge in [-0.25, -0.2) is 25.3 Å². The van der Waals surface area contributed by atoms with Crippen molar-refractivity contribution in [2.75, 3.05) is 87.0 Å². The largest absolute Gasteiger partial charge is 0.486 e. The SMILES string of the molecule is CN1c2cccc(NC(=O)/C=C3\CC4(CCOCC4)Oc4cc(C(F)(F)F)ccc43)c2CCS1(=O)=O.O=C(/C=C1\CC2(CCOCC2)Oc2cc(C(F)(F)F)ccc21)Nc1cccc2c1CCS(=O)(=O)N2.O=C(/C=C1\CCOCc2cc(C(F)(F)F)ccc21)Nc1cccc2c1CCS(=O)(=O)N2. The molecular weight excluding hydrogens is 1420 g/mol. The maximum Gasteiger partial charge on any atom is 0.416 e. The molecule has 102 heavy (non-hydrogen) atoms. The molecule has 0 bridgehead atoms. The van der Waals surface area contributed by atoms with Gasteiger partial charge in [-0.05, 0) is 126 Å². The van der Waals surface area contributed by atoms with Crippen LogP contribution in [0.5, 0.6) is 11.5 Å². The quantitative estimate of drug-likeness (QED) is 0.0767. The zero-order chi connectivity index (χ0) is 72.8. The van der Waals surface area contributed by atoms with Gasteiger partial charge in [-0.2, -0.15) is 39.5 Å². The van der Waals surface area contributed by atoms with E-state index in [0.717, 1.165) is 36.4 Å². The molecule has 0 unspecified atom stereocenters. The van der Waals surface area contributed by atoms with Gasteiger partial charge in [0.25, 0.3) is 0 Å². The van der Waals surface area contributed by atoms with Crippen LogP contribution < -0.4 is 39.2 Å². The first-order chi connectivity index (χ1) is 48.1. The number of ether oxygens (including phenoxy) is 5. The number of alkyl halides is 9. The average molecular weight is 1480 g/mol.